The van der Waals surface area contributed by atoms with E-state index in [1.165, 1.54) is 16.9 Å². The molecule has 26 heavy (non-hydrogen) atoms. The fraction of sp³-hybridized carbons (Fsp3) is 0.632. The molecule has 0 saturated heterocycles. The van der Waals surface area contributed by atoms with Crippen molar-refractivity contribution in [2.45, 2.75) is 52.5 Å². The molecule has 0 aliphatic heterocycles. The van der Waals surface area contributed by atoms with E-state index >= 15 is 0 Å². The van der Waals surface area contributed by atoms with Gasteiger partial charge in [0.25, 0.3) is 5.56 Å². The maximum absolute atomic E-state index is 12.8. The van der Waals surface area contributed by atoms with Gasteiger partial charge in [0.05, 0.1) is 11.7 Å². The van der Waals surface area contributed by atoms with Crippen molar-refractivity contribution in [3.05, 3.63) is 27.1 Å². The van der Waals surface area contributed by atoms with Crippen molar-refractivity contribution in [1.82, 2.24) is 19.8 Å². The Morgan fingerprint density at radius 2 is 2.08 bits per heavy atom. The Labute approximate surface area is 158 Å². The highest BCUT2D eigenvalue weighted by molar-refractivity contribution is 7.18. The molecular formula is C19H28N4O2S. The maximum Gasteiger partial charge on any atom is 0.262 e. The third kappa shape index (κ3) is 4.15. The second-order valence-electron chi connectivity index (χ2n) is 6.76. The van der Waals surface area contributed by atoms with Crippen LogP contribution in [0.5, 0.6) is 0 Å². The summed E-state index contributed by atoms with van der Waals surface area (Å²) in [5.74, 6) is -0.0171. The van der Waals surface area contributed by atoms with Crippen LogP contribution in [0.3, 0.4) is 0 Å². The Hall–Kier alpha value is -1.73. The van der Waals surface area contributed by atoms with E-state index in [4.69, 9.17) is 0 Å². The molecule has 2 aromatic rings. The number of aryl methyl sites for hydroxylation is 3. The van der Waals surface area contributed by atoms with E-state index < -0.39 is 0 Å². The van der Waals surface area contributed by atoms with Crippen LogP contribution in [-0.2, 0) is 24.2 Å². The SMILES string of the molecule is CCN(CC)CCNC(=O)CCn1cnc2sc3c(c2c1=O)CCCC3. The van der Waals surface area contributed by atoms with Crippen molar-refractivity contribution in [2.24, 2.45) is 0 Å². The Kier molecular flexibility index (Phi) is 6.43. The lowest BCUT2D eigenvalue weighted by Crippen LogP contribution is -2.35. The fourth-order valence-electron chi connectivity index (χ4n) is 3.54. The summed E-state index contributed by atoms with van der Waals surface area (Å²) in [5.41, 5.74) is 1.21. The number of thiophene rings is 1. The van der Waals surface area contributed by atoms with Crippen LogP contribution in [0.15, 0.2) is 11.1 Å². The first-order chi connectivity index (χ1) is 12.6. The molecule has 2 heterocycles. The first kappa shape index (κ1) is 19.0. The third-order valence-electron chi connectivity index (χ3n) is 5.17. The quantitative estimate of drug-likeness (QED) is 0.767. The maximum atomic E-state index is 12.8. The highest BCUT2D eigenvalue weighted by Crippen LogP contribution is 2.33. The molecule has 0 unspecified atom stereocenters. The molecule has 1 amide bonds. The Morgan fingerprint density at radius 3 is 2.85 bits per heavy atom. The van der Waals surface area contributed by atoms with Gasteiger partial charge in [-0.1, -0.05) is 13.8 Å². The fourth-order valence-corrected chi connectivity index (χ4v) is 4.76. The standard InChI is InChI=1S/C19H28N4O2S/c1-3-22(4-2)12-10-20-16(24)9-11-23-13-21-18-17(19(23)25)14-7-5-6-8-15(14)26-18/h13H,3-12H2,1-2H3,(H,20,24). The van der Waals surface area contributed by atoms with Gasteiger partial charge in [-0.3, -0.25) is 14.2 Å². The minimum absolute atomic E-state index is 0.00495. The first-order valence-corrected chi connectivity index (χ1v) is 10.4. The monoisotopic (exact) mass is 376 g/mol. The van der Waals surface area contributed by atoms with Gasteiger partial charge in [-0.2, -0.15) is 0 Å². The van der Waals surface area contributed by atoms with Gasteiger partial charge in [-0.05, 0) is 44.3 Å². The van der Waals surface area contributed by atoms with E-state index in [-0.39, 0.29) is 11.5 Å². The summed E-state index contributed by atoms with van der Waals surface area (Å²) < 4.78 is 1.59. The molecule has 0 radical (unpaired) electrons. The van der Waals surface area contributed by atoms with Crippen LogP contribution in [-0.4, -0.2) is 46.5 Å². The zero-order valence-electron chi connectivity index (χ0n) is 15.7. The zero-order valence-corrected chi connectivity index (χ0v) is 16.5. The number of fused-ring (bicyclic) bond motifs is 3. The average Bonchev–Trinajstić information content (AvgIpc) is 3.04. The highest BCUT2D eigenvalue weighted by Gasteiger charge is 2.20. The molecule has 1 aliphatic carbocycles. The number of likely N-dealkylation sites (N-methyl/N-ethyl adjacent to an activating group) is 1. The molecule has 1 aliphatic rings. The van der Waals surface area contributed by atoms with Crippen molar-refractivity contribution in [3.8, 4) is 0 Å². The van der Waals surface area contributed by atoms with Crippen LogP contribution in [0.2, 0.25) is 0 Å². The van der Waals surface area contributed by atoms with Gasteiger partial charge in [-0.15, -0.1) is 11.3 Å². The molecule has 7 heteroatoms. The molecule has 0 fully saturated rings. The van der Waals surface area contributed by atoms with Crippen LogP contribution in [0, 0.1) is 0 Å². The lowest BCUT2D eigenvalue weighted by atomic mass is 9.97. The van der Waals surface area contributed by atoms with Crippen molar-refractivity contribution >= 4 is 27.5 Å². The highest BCUT2D eigenvalue weighted by atomic mass is 32.1. The summed E-state index contributed by atoms with van der Waals surface area (Å²) in [5, 5.41) is 3.73. The topological polar surface area (TPSA) is 67.2 Å². The number of carbonyl (C=O) groups excluding carboxylic acids is 1. The lowest BCUT2D eigenvalue weighted by Gasteiger charge is -2.18. The molecule has 2 aromatic heterocycles. The van der Waals surface area contributed by atoms with Gasteiger partial charge in [-0.25, -0.2) is 4.98 Å². The smallest absolute Gasteiger partial charge is 0.262 e. The molecule has 0 aromatic carbocycles. The molecule has 0 bridgehead atoms. The van der Waals surface area contributed by atoms with E-state index in [9.17, 15) is 9.59 Å². The molecule has 142 valence electrons. The van der Waals surface area contributed by atoms with E-state index in [1.807, 2.05) is 0 Å². The van der Waals surface area contributed by atoms with Gasteiger partial charge in [0.15, 0.2) is 0 Å². The number of aromatic nitrogens is 2. The van der Waals surface area contributed by atoms with E-state index in [1.54, 1.807) is 22.2 Å². The molecule has 0 atom stereocenters. The van der Waals surface area contributed by atoms with Crippen LogP contribution >= 0.6 is 11.3 Å². The summed E-state index contributed by atoms with van der Waals surface area (Å²) in [7, 11) is 0. The van der Waals surface area contributed by atoms with Gasteiger partial charge in [0.2, 0.25) is 5.91 Å². The van der Waals surface area contributed by atoms with E-state index in [2.05, 4.69) is 29.0 Å². The van der Waals surface area contributed by atoms with Crippen LogP contribution in [0.25, 0.3) is 10.2 Å². The van der Waals surface area contributed by atoms with Crippen LogP contribution in [0.1, 0.15) is 43.6 Å². The summed E-state index contributed by atoms with van der Waals surface area (Å²) in [6.07, 6.45) is 6.27. The summed E-state index contributed by atoms with van der Waals surface area (Å²) in [4.78, 5) is 33.8. The largest absolute Gasteiger partial charge is 0.355 e. The van der Waals surface area contributed by atoms with Crippen LogP contribution < -0.4 is 10.9 Å². The van der Waals surface area contributed by atoms with E-state index in [0.29, 0.717) is 19.5 Å². The number of amides is 1. The van der Waals surface area contributed by atoms with Gasteiger partial charge in [0, 0.05) is 30.9 Å². The van der Waals surface area contributed by atoms with Crippen molar-refractivity contribution < 1.29 is 4.79 Å². The summed E-state index contributed by atoms with van der Waals surface area (Å²) in [6.45, 7) is 8.08. The molecule has 0 spiro atoms. The van der Waals surface area contributed by atoms with Crippen molar-refractivity contribution in [2.75, 3.05) is 26.2 Å². The minimum Gasteiger partial charge on any atom is -0.355 e. The molecular weight excluding hydrogens is 348 g/mol. The normalized spacial score (nSPS) is 14.0. The molecule has 6 nitrogen and oxygen atoms in total. The van der Waals surface area contributed by atoms with Gasteiger partial charge >= 0.3 is 0 Å². The Bertz CT molecular complexity index is 823. The third-order valence-corrected chi connectivity index (χ3v) is 6.37. The first-order valence-electron chi connectivity index (χ1n) is 9.62. The zero-order chi connectivity index (χ0) is 18.5. The van der Waals surface area contributed by atoms with E-state index in [0.717, 1.165) is 49.1 Å². The summed E-state index contributed by atoms with van der Waals surface area (Å²) in [6, 6.07) is 0. The number of hydrogen-bond acceptors (Lipinski definition) is 5. The lowest BCUT2D eigenvalue weighted by molar-refractivity contribution is -0.121. The number of nitrogens with one attached hydrogen (secondary N) is 1. The van der Waals surface area contributed by atoms with Crippen molar-refractivity contribution in [1.29, 1.82) is 0 Å². The second-order valence-corrected chi connectivity index (χ2v) is 7.84. The number of hydrogen-bond donors (Lipinski definition) is 1. The Balaban J connectivity index is 1.61. The molecule has 1 N–H and O–H groups in total. The van der Waals surface area contributed by atoms with Gasteiger partial charge < -0.3 is 10.2 Å². The Morgan fingerprint density at radius 1 is 1.31 bits per heavy atom. The molecule has 3 rings (SSSR count). The van der Waals surface area contributed by atoms with Gasteiger partial charge in [0.1, 0.15) is 4.83 Å². The van der Waals surface area contributed by atoms with Crippen molar-refractivity contribution in [3.63, 3.8) is 0 Å². The average molecular weight is 377 g/mol. The second kappa shape index (κ2) is 8.77. The predicted molar refractivity (Wildman–Crippen MR) is 106 cm³/mol. The van der Waals surface area contributed by atoms with Crippen LogP contribution in [0.4, 0.5) is 0 Å². The summed E-state index contributed by atoms with van der Waals surface area (Å²) >= 11 is 1.66. The number of nitrogens with zero attached hydrogens (tertiary/aromatic N) is 3. The molecule has 0 saturated carbocycles. The minimum atomic E-state index is -0.0171. The number of rotatable bonds is 8. The number of carbonyl (C=O) groups is 1. The predicted octanol–water partition coefficient (Wildman–Crippen LogP) is 2.18.